The fraction of sp³-hybridized carbons (Fsp3) is 0.441. The number of anilines is 1. The van der Waals surface area contributed by atoms with Crippen LogP contribution in [0.3, 0.4) is 0 Å². The highest BCUT2D eigenvalue weighted by Gasteiger charge is 2.29. The lowest BCUT2D eigenvalue weighted by Crippen LogP contribution is -2.27. The van der Waals surface area contributed by atoms with Crippen LogP contribution in [-0.4, -0.2) is 50.7 Å². The molecule has 0 saturated heterocycles. The van der Waals surface area contributed by atoms with E-state index in [-0.39, 0.29) is 0 Å². The molecule has 2 aliphatic rings. The number of thiophene rings is 1. The molecule has 3 aromatic rings. The van der Waals surface area contributed by atoms with Gasteiger partial charge in [-0.1, -0.05) is 65.0 Å². The van der Waals surface area contributed by atoms with E-state index in [1.54, 1.807) is 0 Å². The van der Waals surface area contributed by atoms with E-state index in [0.717, 1.165) is 72.0 Å². The van der Waals surface area contributed by atoms with Crippen molar-refractivity contribution in [2.45, 2.75) is 53.9 Å². The molecule has 3 heterocycles. The Hall–Kier alpha value is -3.13. The summed E-state index contributed by atoms with van der Waals surface area (Å²) in [6.45, 7) is 14.2. The number of para-hydroxylation sites is 1. The smallest absolute Gasteiger partial charge is 0.160 e. The number of hydrogen-bond acceptors (Lipinski definition) is 7. The first-order valence-electron chi connectivity index (χ1n) is 14.7. The van der Waals surface area contributed by atoms with Crippen LogP contribution in [0.15, 0.2) is 71.3 Å². The van der Waals surface area contributed by atoms with Gasteiger partial charge in [-0.3, -0.25) is 9.79 Å². The summed E-state index contributed by atoms with van der Waals surface area (Å²) in [7, 11) is 1.88. The van der Waals surface area contributed by atoms with Gasteiger partial charge in [-0.15, -0.1) is 11.3 Å². The zero-order chi connectivity index (χ0) is 30.1. The first-order valence-corrected chi connectivity index (χ1v) is 15.5. The number of nitrogens with zero attached hydrogens (tertiary/aromatic N) is 2. The number of allylic oxidation sites excluding steroid dienone is 1. The third-order valence-electron chi connectivity index (χ3n) is 6.86. The highest BCUT2D eigenvalue weighted by atomic mass is 32.1. The van der Waals surface area contributed by atoms with Crippen molar-refractivity contribution in [1.82, 2.24) is 10.3 Å². The normalized spacial score (nSPS) is 15.5. The topological polar surface area (TPSA) is 92.4 Å². The standard InChI is InChI=1S/C16H19NOS.C13H14N2.C3H10N2.C2H6/c1-16(2,3)12-4-5-14-10(7-12)6-11-8-13(9-18)19-15(11)17-14;1-2-6-13(7-3-1)15-11-12-5-4-9-14-10-8-12;1-5-3-2-4;1-2/h6,8-9,12H,4-5,7H2,1-3H3;1-9,15H,10-11H2;5H,2-4H2,1H3;1-2H3. The summed E-state index contributed by atoms with van der Waals surface area (Å²) in [5.74, 6) is 0.725. The number of aromatic nitrogens is 1. The number of nitrogens with one attached hydrogen (secondary N) is 2. The zero-order valence-corrected chi connectivity index (χ0v) is 26.6. The van der Waals surface area contributed by atoms with Crippen molar-refractivity contribution in [2.75, 3.05) is 38.5 Å². The van der Waals surface area contributed by atoms with Gasteiger partial charge >= 0.3 is 0 Å². The Balaban J connectivity index is 0.000000239. The Bertz CT molecular complexity index is 1270. The third kappa shape index (κ3) is 11.7. The van der Waals surface area contributed by atoms with Crippen molar-refractivity contribution < 1.29 is 4.79 Å². The van der Waals surface area contributed by atoms with Gasteiger partial charge in [0.15, 0.2) is 6.29 Å². The molecule has 7 heteroatoms. The predicted octanol–water partition coefficient (Wildman–Crippen LogP) is 7.12. The molecule has 2 aromatic heterocycles. The van der Waals surface area contributed by atoms with Gasteiger partial charge in [0.05, 0.1) is 11.4 Å². The van der Waals surface area contributed by atoms with E-state index in [0.29, 0.717) is 5.41 Å². The number of aldehydes is 1. The van der Waals surface area contributed by atoms with Gasteiger partial charge in [-0.2, -0.15) is 0 Å². The summed E-state index contributed by atoms with van der Waals surface area (Å²) in [4.78, 5) is 21.6. The van der Waals surface area contributed by atoms with Crippen LogP contribution in [0.1, 0.15) is 62.0 Å². The number of nitrogens with two attached hydrogens (primary N) is 1. The van der Waals surface area contributed by atoms with Gasteiger partial charge in [0.2, 0.25) is 0 Å². The SMILES string of the molecule is C1=CC(CNc2ccccc2)=CCN=C1.CC.CC(C)(C)C1CCc2nc3sc(C=O)cc3cc2C1.CNCCN. The fourth-order valence-electron chi connectivity index (χ4n) is 4.50. The van der Waals surface area contributed by atoms with Crippen LogP contribution in [0, 0.1) is 11.3 Å². The van der Waals surface area contributed by atoms with Crippen molar-refractivity contribution in [3.8, 4) is 0 Å². The minimum absolute atomic E-state index is 0.356. The summed E-state index contributed by atoms with van der Waals surface area (Å²) in [6.07, 6.45) is 12.4. The van der Waals surface area contributed by atoms with Crippen molar-refractivity contribution in [3.63, 3.8) is 0 Å². The zero-order valence-electron chi connectivity index (χ0n) is 25.7. The van der Waals surface area contributed by atoms with E-state index in [1.165, 1.54) is 34.6 Å². The molecule has 0 amide bonds. The van der Waals surface area contributed by atoms with Crippen LogP contribution in [0.5, 0.6) is 0 Å². The summed E-state index contributed by atoms with van der Waals surface area (Å²) in [5, 5.41) is 7.38. The van der Waals surface area contributed by atoms with Gasteiger partial charge < -0.3 is 16.4 Å². The maximum atomic E-state index is 10.9. The number of likely N-dealkylation sites (N-methyl/N-ethyl adjacent to an activating group) is 1. The van der Waals surface area contributed by atoms with Gasteiger partial charge in [0.25, 0.3) is 0 Å². The molecule has 0 fully saturated rings. The Morgan fingerprint density at radius 1 is 1.15 bits per heavy atom. The quantitative estimate of drug-likeness (QED) is 0.272. The number of benzene rings is 1. The Morgan fingerprint density at radius 2 is 1.90 bits per heavy atom. The van der Waals surface area contributed by atoms with Crippen LogP contribution in [0.2, 0.25) is 0 Å². The van der Waals surface area contributed by atoms with E-state index in [2.05, 4.69) is 66.7 Å². The summed E-state index contributed by atoms with van der Waals surface area (Å²) < 4.78 is 0. The fourth-order valence-corrected chi connectivity index (χ4v) is 5.35. The molecule has 0 saturated carbocycles. The Morgan fingerprint density at radius 3 is 2.54 bits per heavy atom. The number of fused-ring (bicyclic) bond motifs is 2. The molecular weight excluding hydrogens is 526 g/mol. The van der Waals surface area contributed by atoms with Crippen LogP contribution in [0.25, 0.3) is 10.2 Å². The monoisotopic (exact) mass is 575 g/mol. The number of aliphatic imine (C=N–C) groups is 1. The Labute approximate surface area is 251 Å². The molecule has 1 aromatic carbocycles. The van der Waals surface area contributed by atoms with Gasteiger partial charge in [0.1, 0.15) is 4.83 Å². The molecule has 41 heavy (non-hydrogen) atoms. The molecule has 0 spiro atoms. The second-order valence-corrected chi connectivity index (χ2v) is 11.9. The van der Waals surface area contributed by atoms with Crippen molar-refractivity contribution in [3.05, 3.63) is 82.4 Å². The molecule has 5 rings (SSSR count). The Kier molecular flexibility index (Phi) is 15.2. The molecule has 0 radical (unpaired) electrons. The van der Waals surface area contributed by atoms with E-state index in [1.807, 2.05) is 57.5 Å². The summed E-state index contributed by atoms with van der Waals surface area (Å²) in [6, 6.07) is 14.4. The number of carbonyl (C=O) groups is 1. The minimum Gasteiger partial charge on any atom is -0.381 e. The minimum atomic E-state index is 0.356. The number of rotatable bonds is 6. The molecule has 1 atom stereocenters. The molecule has 1 unspecified atom stereocenters. The van der Waals surface area contributed by atoms with E-state index in [4.69, 9.17) is 10.7 Å². The average molecular weight is 576 g/mol. The number of pyridine rings is 1. The van der Waals surface area contributed by atoms with E-state index < -0.39 is 0 Å². The highest BCUT2D eigenvalue weighted by molar-refractivity contribution is 7.20. The van der Waals surface area contributed by atoms with E-state index >= 15 is 0 Å². The number of aryl methyl sites for hydroxylation is 1. The molecule has 1 aliphatic heterocycles. The van der Waals surface area contributed by atoms with Gasteiger partial charge in [-0.25, -0.2) is 4.98 Å². The second kappa shape index (κ2) is 18.3. The van der Waals surface area contributed by atoms with Crippen molar-refractivity contribution in [1.29, 1.82) is 0 Å². The average Bonchev–Trinajstić information content (AvgIpc) is 3.20. The maximum absolute atomic E-state index is 10.9. The number of hydrogen-bond donors (Lipinski definition) is 3. The van der Waals surface area contributed by atoms with Crippen molar-refractivity contribution >= 4 is 39.7 Å². The molecular formula is C34H49N5OS. The van der Waals surface area contributed by atoms with Gasteiger partial charge in [-0.05, 0) is 79.1 Å². The maximum Gasteiger partial charge on any atom is 0.160 e. The van der Waals surface area contributed by atoms with Gasteiger partial charge in [0, 0.05) is 42.6 Å². The molecule has 1 aliphatic carbocycles. The lowest BCUT2D eigenvalue weighted by molar-refractivity contribution is 0.112. The first kappa shape index (κ1) is 34.1. The number of carbonyl (C=O) groups excluding carboxylic acids is 1. The van der Waals surface area contributed by atoms with E-state index in [9.17, 15) is 4.79 Å². The predicted molar refractivity (Wildman–Crippen MR) is 180 cm³/mol. The third-order valence-corrected chi connectivity index (χ3v) is 7.83. The largest absolute Gasteiger partial charge is 0.381 e. The first-order chi connectivity index (χ1) is 19.8. The lowest BCUT2D eigenvalue weighted by atomic mass is 9.71. The van der Waals surface area contributed by atoms with Crippen LogP contribution < -0.4 is 16.4 Å². The molecule has 222 valence electrons. The molecule has 6 nitrogen and oxygen atoms in total. The molecule has 0 bridgehead atoms. The molecule has 4 N–H and O–H groups in total. The van der Waals surface area contributed by atoms with Crippen LogP contribution in [0.4, 0.5) is 5.69 Å². The second-order valence-electron chi connectivity index (χ2n) is 10.8. The van der Waals surface area contributed by atoms with Crippen LogP contribution >= 0.6 is 11.3 Å². The highest BCUT2D eigenvalue weighted by Crippen LogP contribution is 2.38. The summed E-state index contributed by atoms with van der Waals surface area (Å²) in [5.41, 5.74) is 10.5. The summed E-state index contributed by atoms with van der Waals surface area (Å²) >= 11 is 1.50. The van der Waals surface area contributed by atoms with Crippen LogP contribution in [-0.2, 0) is 12.8 Å². The lowest BCUT2D eigenvalue weighted by Gasteiger charge is -2.34. The van der Waals surface area contributed by atoms with Crippen molar-refractivity contribution in [2.24, 2.45) is 22.1 Å².